The summed E-state index contributed by atoms with van der Waals surface area (Å²) in [5.41, 5.74) is 1.21. The number of anilines is 1. The van der Waals surface area contributed by atoms with Crippen LogP contribution in [0.4, 0.5) is 5.69 Å². The van der Waals surface area contributed by atoms with Crippen molar-refractivity contribution in [2.75, 3.05) is 31.6 Å². The molecule has 2 saturated heterocycles. The van der Waals surface area contributed by atoms with Crippen molar-refractivity contribution in [3.05, 3.63) is 24.3 Å². The van der Waals surface area contributed by atoms with Crippen LogP contribution in [0, 0.1) is 11.8 Å². The lowest BCUT2D eigenvalue weighted by Crippen LogP contribution is -2.39. The Morgan fingerprint density at radius 3 is 3.00 bits per heavy atom. The monoisotopic (exact) mass is 274 g/mol. The number of piperidine rings is 1. The van der Waals surface area contributed by atoms with Crippen LogP contribution in [0.2, 0.25) is 0 Å². The molecule has 2 bridgehead atoms. The summed E-state index contributed by atoms with van der Waals surface area (Å²) in [6, 6.07) is 9.06. The summed E-state index contributed by atoms with van der Waals surface area (Å²) in [5.74, 6) is 2.37. The molecule has 3 rings (SSSR count). The van der Waals surface area contributed by atoms with Gasteiger partial charge in [0.05, 0.1) is 6.61 Å². The van der Waals surface area contributed by atoms with Gasteiger partial charge in [-0.1, -0.05) is 19.9 Å². The highest BCUT2D eigenvalue weighted by Crippen LogP contribution is 2.30. The van der Waals surface area contributed by atoms with Crippen molar-refractivity contribution < 1.29 is 4.74 Å². The van der Waals surface area contributed by atoms with Gasteiger partial charge in [-0.15, -0.1) is 0 Å². The van der Waals surface area contributed by atoms with Gasteiger partial charge in [0, 0.05) is 30.9 Å². The van der Waals surface area contributed by atoms with Gasteiger partial charge in [-0.2, -0.15) is 0 Å². The first-order valence-electron chi connectivity index (χ1n) is 7.92. The Bertz CT molecular complexity index is 446. The third-order valence-electron chi connectivity index (χ3n) is 4.40. The molecule has 0 spiro atoms. The lowest BCUT2D eigenvalue weighted by molar-refractivity contribution is 0.255. The van der Waals surface area contributed by atoms with Crippen LogP contribution < -0.4 is 10.1 Å². The number of nitrogens with one attached hydrogen (secondary N) is 1. The van der Waals surface area contributed by atoms with E-state index >= 15 is 0 Å². The normalized spacial score (nSPS) is 28.6. The Labute approximate surface area is 122 Å². The number of hydrogen-bond acceptors (Lipinski definition) is 3. The van der Waals surface area contributed by atoms with E-state index in [0.29, 0.717) is 12.0 Å². The molecule has 3 unspecified atom stereocenters. The zero-order valence-corrected chi connectivity index (χ0v) is 12.6. The van der Waals surface area contributed by atoms with E-state index in [1.165, 1.54) is 38.2 Å². The molecular weight excluding hydrogens is 248 g/mol. The molecule has 20 heavy (non-hydrogen) atoms. The van der Waals surface area contributed by atoms with Gasteiger partial charge in [0.25, 0.3) is 0 Å². The van der Waals surface area contributed by atoms with Crippen molar-refractivity contribution in [2.45, 2.75) is 32.7 Å². The first-order chi connectivity index (χ1) is 9.70. The first-order valence-corrected chi connectivity index (χ1v) is 7.92. The molecule has 2 aliphatic heterocycles. The third kappa shape index (κ3) is 3.26. The minimum absolute atomic E-state index is 0.564. The molecule has 1 aromatic rings. The second-order valence-corrected chi connectivity index (χ2v) is 6.62. The second-order valence-electron chi connectivity index (χ2n) is 6.62. The summed E-state index contributed by atoms with van der Waals surface area (Å²) in [6.07, 6.45) is 2.61. The molecule has 3 heteroatoms. The highest BCUT2D eigenvalue weighted by atomic mass is 16.5. The van der Waals surface area contributed by atoms with Gasteiger partial charge in [0.1, 0.15) is 5.75 Å². The predicted octanol–water partition coefficient (Wildman–Crippen LogP) is 3.23. The molecule has 2 heterocycles. The van der Waals surface area contributed by atoms with Crippen LogP contribution in [0.1, 0.15) is 26.7 Å². The third-order valence-corrected chi connectivity index (χ3v) is 4.40. The molecule has 0 aliphatic carbocycles. The van der Waals surface area contributed by atoms with Crippen LogP contribution in [-0.4, -0.2) is 37.2 Å². The first kappa shape index (κ1) is 13.7. The molecule has 0 aromatic heterocycles. The maximum absolute atomic E-state index is 5.81. The van der Waals surface area contributed by atoms with Crippen molar-refractivity contribution in [1.82, 2.24) is 4.90 Å². The molecule has 0 saturated carbocycles. The van der Waals surface area contributed by atoms with E-state index in [-0.39, 0.29) is 0 Å². The summed E-state index contributed by atoms with van der Waals surface area (Å²) in [7, 11) is 0. The second kappa shape index (κ2) is 6.04. The molecule has 2 fully saturated rings. The largest absolute Gasteiger partial charge is 0.493 e. The molecule has 1 aromatic carbocycles. The number of ether oxygens (including phenoxy) is 1. The highest BCUT2D eigenvalue weighted by Gasteiger charge is 2.33. The van der Waals surface area contributed by atoms with Gasteiger partial charge in [-0.05, 0) is 43.4 Å². The zero-order valence-electron chi connectivity index (χ0n) is 12.6. The maximum Gasteiger partial charge on any atom is 0.121 e. The van der Waals surface area contributed by atoms with Crippen LogP contribution in [0.3, 0.4) is 0 Å². The standard InChI is InChI=1S/C17H26N2O/c1-13(2)12-20-16-5-3-4-15(10-16)18-17-7-9-19-8-6-14(17)11-19/h3-5,10,13-14,17-18H,6-9,11-12H2,1-2H3. The summed E-state index contributed by atoms with van der Waals surface area (Å²) >= 11 is 0. The molecule has 2 aliphatic rings. The summed E-state index contributed by atoms with van der Waals surface area (Å²) < 4.78 is 5.81. The van der Waals surface area contributed by atoms with E-state index in [2.05, 4.69) is 42.3 Å². The molecule has 0 radical (unpaired) electrons. The fourth-order valence-corrected chi connectivity index (χ4v) is 3.29. The van der Waals surface area contributed by atoms with E-state index in [1.54, 1.807) is 0 Å². The average molecular weight is 274 g/mol. The van der Waals surface area contributed by atoms with Gasteiger partial charge in [0.2, 0.25) is 0 Å². The Balaban J connectivity index is 1.60. The number of hydrogen-bond donors (Lipinski definition) is 1. The predicted molar refractivity (Wildman–Crippen MR) is 83.3 cm³/mol. The Kier molecular flexibility index (Phi) is 4.16. The van der Waals surface area contributed by atoms with Gasteiger partial charge in [-0.3, -0.25) is 0 Å². The minimum Gasteiger partial charge on any atom is -0.493 e. The quantitative estimate of drug-likeness (QED) is 0.892. The van der Waals surface area contributed by atoms with Gasteiger partial charge in [-0.25, -0.2) is 0 Å². The van der Waals surface area contributed by atoms with Crippen LogP contribution in [0.25, 0.3) is 0 Å². The molecule has 3 atom stereocenters. The Morgan fingerprint density at radius 1 is 1.30 bits per heavy atom. The topological polar surface area (TPSA) is 24.5 Å². The van der Waals surface area contributed by atoms with Crippen molar-refractivity contribution in [1.29, 1.82) is 0 Å². The zero-order chi connectivity index (χ0) is 13.9. The molecule has 110 valence electrons. The molecule has 0 amide bonds. The number of rotatable bonds is 5. The van der Waals surface area contributed by atoms with Gasteiger partial charge in [0.15, 0.2) is 0 Å². The lowest BCUT2D eigenvalue weighted by Gasteiger charge is -2.31. The summed E-state index contributed by atoms with van der Waals surface area (Å²) in [5, 5.41) is 3.73. The SMILES string of the molecule is CC(C)COc1cccc(NC2CCN3CCC2C3)c1. The van der Waals surface area contributed by atoms with E-state index in [9.17, 15) is 0 Å². The molecule has 1 N–H and O–H groups in total. The van der Waals surface area contributed by atoms with E-state index in [1.807, 2.05) is 6.07 Å². The van der Waals surface area contributed by atoms with Crippen molar-refractivity contribution in [3.8, 4) is 5.75 Å². The van der Waals surface area contributed by atoms with E-state index < -0.39 is 0 Å². The van der Waals surface area contributed by atoms with Gasteiger partial charge >= 0.3 is 0 Å². The fraction of sp³-hybridized carbons (Fsp3) is 0.647. The van der Waals surface area contributed by atoms with Crippen molar-refractivity contribution in [2.24, 2.45) is 11.8 Å². The lowest BCUT2D eigenvalue weighted by atomic mass is 9.94. The molecular formula is C17H26N2O. The van der Waals surface area contributed by atoms with Crippen LogP contribution in [-0.2, 0) is 0 Å². The highest BCUT2D eigenvalue weighted by molar-refractivity contribution is 5.49. The van der Waals surface area contributed by atoms with Crippen LogP contribution in [0.15, 0.2) is 24.3 Å². The fourth-order valence-electron chi connectivity index (χ4n) is 3.29. The Morgan fingerprint density at radius 2 is 2.15 bits per heavy atom. The smallest absolute Gasteiger partial charge is 0.121 e. The van der Waals surface area contributed by atoms with Crippen LogP contribution >= 0.6 is 0 Å². The van der Waals surface area contributed by atoms with Crippen molar-refractivity contribution >= 4 is 5.69 Å². The number of fused-ring (bicyclic) bond motifs is 2. The van der Waals surface area contributed by atoms with E-state index in [4.69, 9.17) is 4.74 Å². The van der Waals surface area contributed by atoms with Crippen molar-refractivity contribution in [3.63, 3.8) is 0 Å². The number of benzene rings is 1. The van der Waals surface area contributed by atoms with E-state index in [0.717, 1.165) is 18.3 Å². The molecule has 3 nitrogen and oxygen atoms in total. The summed E-state index contributed by atoms with van der Waals surface area (Å²) in [4.78, 5) is 2.59. The number of nitrogens with zero attached hydrogens (tertiary/aromatic N) is 1. The summed E-state index contributed by atoms with van der Waals surface area (Å²) in [6.45, 7) is 8.95. The average Bonchev–Trinajstić information content (AvgIpc) is 2.83. The Hall–Kier alpha value is -1.22. The minimum atomic E-state index is 0.564. The van der Waals surface area contributed by atoms with Crippen LogP contribution in [0.5, 0.6) is 5.75 Å². The van der Waals surface area contributed by atoms with Gasteiger partial charge < -0.3 is 15.0 Å². The maximum atomic E-state index is 5.81.